The van der Waals surface area contributed by atoms with Gasteiger partial charge >= 0.3 is 6.03 Å². The van der Waals surface area contributed by atoms with Crippen LogP contribution in [0.3, 0.4) is 0 Å². The van der Waals surface area contributed by atoms with Crippen molar-refractivity contribution in [3.05, 3.63) is 12.7 Å². The molecule has 3 unspecified atom stereocenters. The normalized spacial score (nSPS) is 27.4. The van der Waals surface area contributed by atoms with Crippen LogP contribution in [0.1, 0.15) is 19.8 Å². The number of hydrogen-bond acceptors (Lipinski definition) is 7. The molecule has 9 heteroatoms. The molecular formula is C18H29N5O4. The average molecular weight is 379 g/mol. The summed E-state index contributed by atoms with van der Waals surface area (Å²) in [5.74, 6) is 0.951. The number of guanidine groups is 1. The van der Waals surface area contributed by atoms with E-state index in [9.17, 15) is 14.7 Å². The van der Waals surface area contributed by atoms with Gasteiger partial charge in [0, 0.05) is 26.7 Å². The Balaban J connectivity index is 1.79. The largest absolute Gasteiger partial charge is 0.389 e. The summed E-state index contributed by atoms with van der Waals surface area (Å²) in [6.45, 7) is 8.20. The lowest BCUT2D eigenvalue weighted by molar-refractivity contribution is -0.127. The van der Waals surface area contributed by atoms with Crippen LogP contribution in [0.15, 0.2) is 17.6 Å². The zero-order chi connectivity index (χ0) is 19.6. The summed E-state index contributed by atoms with van der Waals surface area (Å²) in [5, 5.41) is 12.8. The lowest BCUT2D eigenvalue weighted by Crippen LogP contribution is -2.65. The summed E-state index contributed by atoms with van der Waals surface area (Å²) in [6, 6.07) is -1.09. The minimum Gasteiger partial charge on any atom is -0.389 e. The van der Waals surface area contributed by atoms with Crippen molar-refractivity contribution in [2.75, 3.05) is 39.9 Å². The number of aliphatic hydroxyl groups is 1. The fraction of sp³-hybridized carbons (Fsp3) is 0.722. The van der Waals surface area contributed by atoms with Gasteiger partial charge in [-0.1, -0.05) is 13.0 Å². The first kappa shape index (κ1) is 19.6. The Labute approximate surface area is 159 Å². The van der Waals surface area contributed by atoms with Gasteiger partial charge in [0.2, 0.25) is 0 Å². The minimum atomic E-state index is -0.784. The van der Waals surface area contributed by atoms with Crippen LogP contribution in [0, 0.1) is 5.92 Å². The van der Waals surface area contributed by atoms with Gasteiger partial charge in [-0.25, -0.2) is 9.79 Å². The highest BCUT2D eigenvalue weighted by Gasteiger charge is 2.50. The number of aliphatic imine (C=N–C) groups is 1. The number of nitrogens with zero attached hydrogens (tertiary/aromatic N) is 4. The van der Waals surface area contributed by atoms with Crippen molar-refractivity contribution >= 4 is 17.9 Å². The van der Waals surface area contributed by atoms with E-state index in [1.807, 2.05) is 4.90 Å². The molecule has 0 spiro atoms. The predicted molar refractivity (Wildman–Crippen MR) is 100 cm³/mol. The van der Waals surface area contributed by atoms with Crippen LogP contribution in [0.25, 0.3) is 0 Å². The molecule has 3 atom stereocenters. The number of fused-ring (bicyclic) bond motifs is 1. The number of ether oxygens (including phenoxy) is 1. The molecular weight excluding hydrogens is 350 g/mol. The van der Waals surface area contributed by atoms with E-state index in [-0.39, 0.29) is 19.1 Å². The van der Waals surface area contributed by atoms with Crippen molar-refractivity contribution in [3.8, 4) is 0 Å². The molecule has 3 heterocycles. The summed E-state index contributed by atoms with van der Waals surface area (Å²) in [5.41, 5.74) is 0. The number of hydrogen-bond donors (Lipinski definition) is 2. The number of nitrogens with one attached hydrogen (secondary N) is 1. The van der Waals surface area contributed by atoms with Crippen molar-refractivity contribution in [3.63, 3.8) is 0 Å². The average Bonchev–Trinajstić information content (AvgIpc) is 3.00. The first-order valence-corrected chi connectivity index (χ1v) is 9.46. The second-order valence-electron chi connectivity index (χ2n) is 7.49. The molecule has 150 valence electrons. The lowest BCUT2D eigenvalue weighted by atomic mass is 9.99. The molecule has 3 amide bonds. The first-order chi connectivity index (χ1) is 12.9. The van der Waals surface area contributed by atoms with E-state index >= 15 is 0 Å². The monoisotopic (exact) mass is 379 g/mol. The Morgan fingerprint density at radius 3 is 2.78 bits per heavy atom. The van der Waals surface area contributed by atoms with Gasteiger partial charge in [-0.15, -0.1) is 6.58 Å². The van der Waals surface area contributed by atoms with E-state index in [2.05, 4.69) is 23.7 Å². The summed E-state index contributed by atoms with van der Waals surface area (Å²) in [7, 11) is 1.63. The van der Waals surface area contributed by atoms with E-state index in [0.717, 1.165) is 25.9 Å². The second kappa shape index (κ2) is 8.26. The fourth-order valence-corrected chi connectivity index (χ4v) is 3.75. The molecule has 2 fully saturated rings. The molecule has 0 aromatic rings. The van der Waals surface area contributed by atoms with Gasteiger partial charge in [0.15, 0.2) is 18.2 Å². The summed E-state index contributed by atoms with van der Waals surface area (Å²) < 4.78 is 5.34. The minimum absolute atomic E-state index is 0.139. The Morgan fingerprint density at radius 2 is 2.11 bits per heavy atom. The van der Waals surface area contributed by atoms with E-state index < -0.39 is 24.3 Å². The molecule has 0 radical (unpaired) electrons. The highest BCUT2D eigenvalue weighted by molar-refractivity contribution is 6.03. The summed E-state index contributed by atoms with van der Waals surface area (Å²) in [6.07, 6.45) is 2.35. The smallest absolute Gasteiger partial charge is 0.325 e. The number of amides is 3. The number of imide groups is 1. The highest BCUT2D eigenvalue weighted by Crippen LogP contribution is 2.28. The van der Waals surface area contributed by atoms with Crippen LogP contribution in [-0.4, -0.2) is 95.9 Å². The van der Waals surface area contributed by atoms with Crippen molar-refractivity contribution in [2.24, 2.45) is 10.9 Å². The Bertz CT molecular complexity index is 617. The molecule has 0 aromatic carbocycles. The molecule has 0 saturated carbocycles. The third kappa shape index (κ3) is 4.08. The SMILES string of the molecule is C=CCOCC(O)CN1C(N2CCC(C)CC2)=NC2C1C(=O)NC(=O)N2C. The number of urea groups is 1. The molecule has 3 rings (SSSR count). The maximum atomic E-state index is 12.5. The zero-order valence-corrected chi connectivity index (χ0v) is 16.0. The maximum absolute atomic E-state index is 12.5. The number of aliphatic hydroxyl groups excluding tert-OH is 1. The van der Waals surface area contributed by atoms with E-state index in [0.29, 0.717) is 18.5 Å². The molecule has 9 nitrogen and oxygen atoms in total. The van der Waals surface area contributed by atoms with Gasteiger partial charge in [0.25, 0.3) is 5.91 Å². The number of β-amino-alcohol motifs (C(OH)–C–C–N with tert-alkyl or cyclic N) is 1. The number of likely N-dealkylation sites (N-methyl/N-ethyl adjacent to an activating group) is 1. The number of carbonyl (C=O) groups excluding carboxylic acids is 2. The van der Waals surface area contributed by atoms with Crippen LogP contribution in [0.5, 0.6) is 0 Å². The van der Waals surface area contributed by atoms with Gasteiger partial charge in [0.05, 0.1) is 19.3 Å². The predicted octanol–water partition coefficient (Wildman–Crippen LogP) is -0.170. The van der Waals surface area contributed by atoms with Crippen molar-refractivity contribution < 1.29 is 19.4 Å². The lowest BCUT2D eigenvalue weighted by Gasteiger charge is -2.39. The van der Waals surface area contributed by atoms with Gasteiger partial charge in [-0.2, -0.15) is 0 Å². The quantitative estimate of drug-likeness (QED) is 0.491. The molecule has 3 aliphatic heterocycles. The number of carbonyl (C=O) groups is 2. The molecule has 0 aromatic heterocycles. The van der Waals surface area contributed by atoms with E-state index in [1.54, 1.807) is 13.1 Å². The Kier molecular flexibility index (Phi) is 6.01. The van der Waals surface area contributed by atoms with Gasteiger partial charge in [-0.3, -0.25) is 10.1 Å². The Hall–Kier alpha value is -2.13. The van der Waals surface area contributed by atoms with Crippen LogP contribution < -0.4 is 5.32 Å². The fourth-order valence-electron chi connectivity index (χ4n) is 3.75. The maximum Gasteiger partial charge on any atom is 0.325 e. The van der Waals surface area contributed by atoms with Crippen LogP contribution in [-0.2, 0) is 9.53 Å². The van der Waals surface area contributed by atoms with Crippen molar-refractivity contribution in [1.29, 1.82) is 0 Å². The molecule has 27 heavy (non-hydrogen) atoms. The summed E-state index contributed by atoms with van der Waals surface area (Å²) >= 11 is 0. The highest BCUT2D eigenvalue weighted by atomic mass is 16.5. The molecule has 2 saturated heterocycles. The van der Waals surface area contributed by atoms with E-state index in [1.165, 1.54) is 4.90 Å². The number of rotatable bonds is 6. The molecule has 0 bridgehead atoms. The van der Waals surface area contributed by atoms with Crippen molar-refractivity contribution in [2.45, 2.75) is 38.1 Å². The summed E-state index contributed by atoms with van der Waals surface area (Å²) in [4.78, 5) is 34.7. The Morgan fingerprint density at radius 1 is 1.41 bits per heavy atom. The third-order valence-corrected chi connectivity index (χ3v) is 5.36. The molecule has 3 aliphatic rings. The number of likely N-dealkylation sites (tertiary alicyclic amines) is 1. The van der Waals surface area contributed by atoms with Gasteiger partial charge < -0.3 is 24.5 Å². The topological polar surface area (TPSA) is 97.7 Å². The third-order valence-electron chi connectivity index (χ3n) is 5.36. The zero-order valence-electron chi connectivity index (χ0n) is 16.0. The first-order valence-electron chi connectivity index (χ1n) is 9.46. The van der Waals surface area contributed by atoms with Gasteiger partial charge in [0.1, 0.15) is 0 Å². The van der Waals surface area contributed by atoms with Gasteiger partial charge in [-0.05, 0) is 18.8 Å². The van der Waals surface area contributed by atoms with Crippen LogP contribution >= 0.6 is 0 Å². The number of piperidine rings is 1. The molecule has 0 aliphatic carbocycles. The standard InChI is InChI=1S/C18H29N5O4/c1-4-9-27-11-13(24)10-23-14-15(21(3)18(26)20-16(14)25)19-17(23)22-7-5-12(2)6-8-22/h4,12-15,24H,1,5-11H2,2-3H3,(H,20,25,26). The van der Waals surface area contributed by atoms with Crippen LogP contribution in [0.2, 0.25) is 0 Å². The second-order valence-corrected chi connectivity index (χ2v) is 7.49. The van der Waals surface area contributed by atoms with Crippen LogP contribution in [0.4, 0.5) is 4.79 Å². The van der Waals surface area contributed by atoms with Crippen molar-refractivity contribution in [1.82, 2.24) is 20.0 Å². The molecule has 2 N–H and O–H groups in total. The van der Waals surface area contributed by atoms with E-state index in [4.69, 9.17) is 9.73 Å².